The number of carbonyl (C=O) groups excluding carboxylic acids is 1. The van der Waals surface area contributed by atoms with Gasteiger partial charge in [0.05, 0.1) is 11.8 Å². The Morgan fingerprint density at radius 1 is 1.25 bits per heavy atom. The van der Waals surface area contributed by atoms with Crippen LogP contribution in [0.2, 0.25) is 0 Å². The summed E-state index contributed by atoms with van der Waals surface area (Å²) in [7, 11) is 0. The molecule has 5 heteroatoms. The Morgan fingerprint density at radius 2 is 1.90 bits per heavy atom. The maximum absolute atomic E-state index is 12.3. The molecular weight excluding hydrogens is 322 g/mol. The first kappa shape index (κ1) is 14.8. The predicted molar refractivity (Wildman–Crippen MR) is 80.5 cm³/mol. The molecule has 0 spiro atoms. The van der Waals surface area contributed by atoms with Crippen LogP contribution in [0.15, 0.2) is 34.8 Å². The maximum atomic E-state index is 12.3. The molecule has 2 N–H and O–H groups in total. The largest absolute Gasteiger partial charge is 0.481 e. The molecule has 1 aliphatic carbocycles. The predicted octanol–water partition coefficient (Wildman–Crippen LogP) is 3.36. The highest BCUT2D eigenvalue weighted by molar-refractivity contribution is 9.10. The van der Waals surface area contributed by atoms with Crippen LogP contribution >= 0.6 is 15.9 Å². The van der Waals surface area contributed by atoms with Gasteiger partial charge in [-0.3, -0.25) is 9.59 Å². The van der Waals surface area contributed by atoms with E-state index < -0.39 is 17.8 Å². The van der Waals surface area contributed by atoms with E-state index in [0.29, 0.717) is 12.8 Å². The second-order valence-corrected chi connectivity index (χ2v) is 5.86. The highest BCUT2D eigenvalue weighted by Gasteiger charge is 2.34. The molecule has 0 bridgehead atoms. The molecule has 0 fully saturated rings. The lowest BCUT2D eigenvalue weighted by molar-refractivity contribution is -0.146. The molecule has 4 nitrogen and oxygen atoms in total. The molecule has 1 aromatic rings. The van der Waals surface area contributed by atoms with E-state index in [0.717, 1.165) is 15.7 Å². The zero-order valence-corrected chi connectivity index (χ0v) is 12.7. The van der Waals surface area contributed by atoms with Crippen molar-refractivity contribution in [3.63, 3.8) is 0 Å². The van der Waals surface area contributed by atoms with Crippen molar-refractivity contribution in [2.24, 2.45) is 11.8 Å². The summed E-state index contributed by atoms with van der Waals surface area (Å²) in [5.74, 6) is -2.30. The maximum Gasteiger partial charge on any atom is 0.307 e. The molecule has 2 rings (SSSR count). The van der Waals surface area contributed by atoms with Crippen molar-refractivity contribution in [3.05, 3.63) is 40.4 Å². The highest BCUT2D eigenvalue weighted by atomic mass is 79.9. The van der Waals surface area contributed by atoms with Crippen molar-refractivity contribution < 1.29 is 14.7 Å². The third-order valence-corrected chi connectivity index (χ3v) is 4.03. The number of nitrogens with one attached hydrogen (secondary N) is 1. The minimum absolute atomic E-state index is 0.229. The van der Waals surface area contributed by atoms with E-state index in [1.807, 2.05) is 37.3 Å². The quantitative estimate of drug-likeness (QED) is 0.831. The molecule has 106 valence electrons. The topological polar surface area (TPSA) is 66.4 Å². The molecule has 1 amide bonds. The first-order valence-corrected chi connectivity index (χ1v) is 7.23. The molecule has 0 unspecified atom stereocenters. The minimum atomic E-state index is -0.915. The van der Waals surface area contributed by atoms with E-state index in [-0.39, 0.29) is 5.91 Å². The Labute approximate surface area is 126 Å². The van der Waals surface area contributed by atoms with E-state index in [1.165, 1.54) is 0 Å². The van der Waals surface area contributed by atoms with Crippen LogP contribution < -0.4 is 5.32 Å². The Morgan fingerprint density at radius 3 is 2.50 bits per heavy atom. The number of allylic oxidation sites excluding steroid dienone is 2. The SMILES string of the molecule is Cc1cc(Br)ccc1NC(=O)[C@H]1CC=CC[C@@H]1C(=O)O. The monoisotopic (exact) mass is 337 g/mol. The first-order valence-electron chi connectivity index (χ1n) is 6.44. The Hall–Kier alpha value is -1.62. The number of anilines is 1. The van der Waals surface area contributed by atoms with Crippen LogP contribution in [0, 0.1) is 18.8 Å². The Kier molecular flexibility index (Phi) is 4.60. The molecule has 0 radical (unpaired) electrons. The van der Waals surface area contributed by atoms with Crippen molar-refractivity contribution in [1.29, 1.82) is 0 Å². The third kappa shape index (κ3) is 3.28. The van der Waals surface area contributed by atoms with Crippen LogP contribution in [-0.4, -0.2) is 17.0 Å². The summed E-state index contributed by atoms with van der Waals surface area (Å²) in [4.78, 5) is 23.5. The summed E-state index contributed by atoms with van der Waals surface area (Å²) < 4.78 is 0.942. The normalized spacial score (nSPS) is 21.5. The minimum Gasteiger partial charge on any atom is -0.481 e. The van der Waals surface area contributed by atoms with Gasteiger partial charge in [-0.05, 0) is 43.5 Å². The summed E-state index contributed by atoms with van der Waals surface area (Å²) in [6.45, 7) is 1.90. The number of aliphatic carboxylic acids is 1. The van der Waals surface area contributed by atoms with E-state index in [4.69, 9.17) is 0 Å². The van der Waals surface area contributed by atoms with Gasteiger partial charge in [0, 0.05) is 10.2 Å². The molecule has 2 atom stereocenters. The number of carbonyl (C=O) groups is 2. The summed E-state index contributed by atoms with van der Waals surface area (Å²) in [6, 6.07) is 5.56. The first-order chi connectivity index (χ1) is 9.49. The number of hydrogen-bond acceptors (Lipinski definition) is 2. The third-order valence-electron chi connectivity index (χ3n) is 3.53. The van der Waals surface area contributed by atoms with E-state index in [2.05, 4.69) is 21.2 Å². The van der Waals surface area contributed by atoms with Crippen molar-refractivity contribution in [2.45, 2.75) is 19.8 Å². The average molecular weight is 338 g/mol. The molecule has 1 aromatic carbocycles. The van der Waals surface area contributed by atoms with Gasteiger partial charge in [-0.2, -0.15) is 0 Å². The lowest BCUT2D eigenvalue weighted by Crippen LogP contribution is -2.34. The van der Waals surface area contributed by atoms with E-state index in [1.54, 1.807) is 0 Å². The molecule has 0 saturated carbocycles. The number of hydrogen-bond donors (Lipinski definition) is 2. The fourth-order valence-electron chi connectivity index (χ4n) is 2.37. The van der Waals surface area contributed by atoms with Gasteiger partial charge in [-0.15, -0.1) is 0 Å². The van der Waals surface area contributed by atoms with Gasteiger partial charge in [0.25, 0.3) is 0 Å². The number of rotatable bonds is 3. The zero-order valence-electron chi connectivity index (χ0n) is 11.1. The fraction of sp³-hybridized carbons (Fsp3) is 0.333. The van der Waals surface area contributed by atoms with Gasteiger partial charge in [0.15, 0.2) is 0 Å². The zero-order chi connectivity index (χ0) is 14.7. The molecule has 1 aliphatic rings. The number of benzene rings is 1. The molecular formula is C15H16BrNO3. The smallest absolute Gasteiger partial charge is 0.307 e. The summed E-state index contributed by atoms with van der Waals surface area (Å²) in [5.41, 5.74) is 1.66. The summed E-state index contributed by atoms with van der Waals surface area (Å²) in [5, 5.41) is 12.0. The molecule has 0 saturated heterocycles. The van der Waals surface area contributed by atoms with Crippen molar-refractivity contribution in [2.75, 3.05) is 5.32 Å². The standard InChI is InChI=1S/C15H16BrNO3/c1-9-8-10(16)6-7-13(9)17-14(18)11-4-2-3-5-12(11)15(19)20/h2-3,6-8,11-12H,4-5H2,1H3,(H,17,18)(H,19,20)/t11-,12-/m0/s1. The Bertz CT molecular complexity index is 568. The van der Waals surface area contributed by atoms with Crippen LogP contribution in [0.25, 0.3) is 0 Å². The number of aryl methyl sites for hydroxylation is 1. The molecule has 0 aliphatic heterocycles. The number of carboxylic acids is 1. The van der Waals surface area contributed by atoms with Gasteiger partial charge in [0.1, 0.15) is 0 Å². The van der Waals surface area contributed by atoms with Gasteiger partial charge >= 0.3 is 5.97 Å². The van der Waals surface area contributed by atoms with Crippen LogP contribution in [0.3, 0.4) is 0 Å². The van der Waals surface area contributed by atoms with Gasteiger partial charge in [-0.1, -0.05) is 28.1 Å². The number of carboxylic acid groups (broad SMARTS) is 1. The average Bonchev–Trinajstić information content (AvgIpc) is 2.41. The molecule has 20 heavy (non-hydrogen) atoms. The fourth-order valence-corrected chi connectivity index (χ4v) is 2.85. The van der Waals surface area contributed by atoms with Crippen LogP contribution in [-0.2, 0) is 9.59 Å². The van der Waals surface area contributed by atoms with Gasteiger partial charge < -0.3 is 10.4 Å². The number of amides is 1. The molecule has 0 heterocycles. The molecule has 0 aromatic heterocycles. The van der Waals surface area contributed by atoms with Crippen molar-refractivity contribution in [1.82, 2.24) is 0 Å². The summed E-state index contributed by atoms with van der Waals surface area (Å²) in [6.07, 6.45) is 4.58. The van der Waals surface area contributed by atoms with Gasteiger partial charge in [-0.25, -0.2) is 0 Å². The second-order valence-electron chi connectivity index (χ2n) is 4.94. The van der Waals surface area contributed by atoms with Gasteiger partial charge in [0.2, 0.25) is 5.91 Å². The lowest BCUT2D eigenvalue weighted by atomic mass is 9.82. The van der Waals surface area contributed by atoms with Crippen LogP contribution in [0.5, 0.6) is 0 Å². The Balaban J connectivity index is 2.14. The lowest BCUT2D eigenvalue weighted by Gasteiger charge is -2.24. The second kappa shape index (κ2) is 6.22. The number of halogens is 1. The van der Waals surface area contributed by atoms with E-state index in [9.17, 15) is 14.7 Å². The van der Waals surface area contributed by atoms with Crippen LogP contribution in [0.4, 0.5) is 5.69 Å². The van der Waals surface area contributed by atoms with Crippen molar-refractivity contribution in [3.8, 4) is 0 Å². The highest BCUT2D eigenvalue weighted by Crippen LogP contribution is 2.28. The van der Waals surface area contributed by atoms with E-state index >= 15 is 0 Å². The van der Waals surface area contributed by atoms with Crippen LogP contribution in [0.1, 0.15) is 18.4 Å². The summed E-state index contributed by atoms with van der Waals surface area (Å²) >= 11 is 3.37. The van der Waals surface area contributed by atoms with Crippen molar-refractivity contribution >= 4 is 33.5 Å².